The van der Waals surface area contributed by atoms with Gasteiger partial charge in [-0.1, -0.05) is 23.7 Å². The molecule has 1 amide bonds. The zero-order chi connectivity index (χ0) is 20.3. The molecule has 28 heavy (non-hydrogen) atoms. The van der Waals surface area contributed by atoms with Gasteiger partial charge in [-0.3, -0.25) is 4.79 Å². The fourth-order valence-corrected chi connectivity index (χ4v) is 3.16. The Hall–Kier alpha value is -3.43. The molecule has 0 aliphatic heterocycles. The van der Waals surface area contributed by atoms with Crippen molar-refractivity contribution < 1.29 is 4.79 Å². The molecule has 0 spiro atoms. The standard InChI is InChI=1S/C21H18ClN5O/c1-12-7-13(2)19(17(22)8-12)27-21-24-14(3)9-18(26-21)20(28)25-16-6-4-5-15(10-16)11-23/h4-10H,1-3H3,(H,25,28)(H,24,26,27). The minimum absolute atomic E-state index is 0.207. The van der Waals surface area contributed by atoms with Crippen molar-refractivity contribution in [3.8, 4) is 6.07 Å². The van der Waals surface area contributed by atoms with E-state index in [2.05, 4.69) is 20.6 Å². The molecule has 0 saturated carbocycles. The molecule has 0 aliphatic rings. The predicted molar refractivity (Wildman–Crippen MR) is 110 cm³/mol. The Bertz CT molecular complexity index is 1080. The van der Waals surface area contributed by atoms with E-state index in [1.54, 1.807) is 37.3 Å². The third-order valence-corrected chi connectivity index (χ3v) is 4.30. The Morgan fingerprint density at radius 2 is 1.89 bits per heavy atom. The van der Waals surface area contributed by atoms with Crippen LogP contribution in [0.15, 0.2) is 42.5 Å². The van der Waals surface area contributed by atoms with Gasteiger partial charge in [-0.05, 0) is 62.2 Å². The highest BCUT2D eigenvalue weighted by Gasteiger charge is 2.13. The van der Waals surface area contributed by atoms with Crippen LogP contribution in [0, 0.1) is 32.1 Å². The number of amides is 1. The third-order valence-electron chi connectivity index (χ3n) is 4.00. The van der Waals surface area contributed by atoms with E-state index in [-0.39, 0.29) is 11.6 Å². The van der Waals surface area contributed by atoms with Crippen molar-refractivity contribution >= 4 is 34.8 Å². The number of rotatable bonds is 4. The second-order valence-electron chi connectivity index (χ2n) is 6.43. The van der Waals surface area contributed by atoms with Crippen LogP contribution in [0.5, 0.6) is 0 Å². The summed E-state index contributed by atoms with van der Waals surface area (Å²) in [6.45, 7) is 5.69. The van der Waals surface area contributed by atoms with Crippen LogP contribution in [-0.2, 0) is 0 Å². The van der Waals surface area contributed by atoms with Crippen LogP contribution < -0.4 is 10.6 Å². The molecular weight excluding hydrogens is 374 g/mol. The van der Waals surface area contributed by atoms with Gasteiger partial charge in [-0.2, -0.15) is 5.26 Å². The summed E-state index contributed by atoms with van der Waals surface area (Å²) in [5, 5.41) is 15.4. The molecule has 2 N–H and O–H groups in total. The van der Waals surface area contributed by atoms with Gasteiger partial charge in [0.05, 0.1) is 22.3 Å². The Morgan fingerprint density at radius 1 is 1.11 bits per heavy atom. The number of hydrogen-bond acceptors (Lipinski definition) is 5. The molecule has 140 valence electrons. The highest BCUT2D eigenvalue weighted by Crippen LogP contribution is 2.29. The molecule has 0 atom stereocenters. The quantitative estimate of drug-likeness (QED) is 0.658. The number of carbonyl (C=O) groups excluding carboxylic acids is 1. The second-order valence-corrected chi connectivity index (χ2v) is 6.84. The van der Waals surface area contributed by atoms with E-state index in [1.807, 2.05) is 32.0 Å². The van der Waals surface area contributed by atoms with Crippen LogP contribution >= 0.6 is 11.6 Å². The minimum Gasteiger partial charge on any atom is -0.323 e. The smallest absolute Gasteiger partial charge is 0.274 e. The van der Waals surface area contributed by atoms with E-state index in [9.17, 15) is 4.79 Å². The molecule has 0 aliphatic carbocycles. The van der Waals surface area contributed by atoms with Gasteiger partial charge in [0, 0.05) is 11.4 Å². The summed E-state index contributed by atoms with van der Waals surface area (Å²) in [4.78, 5) is 21.3. The largest absolute Gasteiger partial charge is 0.323 e. The lowest BCUT2D eigenvalue weighted by atomic mass is 10.1. The maximum absolute atomic E-state index is 12.6. The topological polar surface area (TPSA) is 90.7 Å². The molecule has 0 saturated heterocycles. The van der Waals surface area contributed by atoms with Crippen molar-refractivity contribution in [3.05, 3.63) is 75.6 Å². The van der Waals surface area contributed by atoms with Crippen LogP contribution in [0.3, 0.4) is 0 Å². The van der Waals surface area contributed by atoms with E-state index >= 15 is 0 Å². The Labute approximate surface area is 168 Å². The maximum Gasteiger partial charge on any atom is 0.274 e. The number of benzene rings is 2. The van der Waals surface area contributed by atoms with E-state index in [0.717, 1.165) is 11.1 Å². The first-order valence-corrected chi connectivity index (χ1v) is 8.94. The zero-order valence-corrected chi connectivity index (χ0v) is 16.4. The van der Waals surface area contributed by atoms with Crippen LogP contribution in [0.25, 0.3) is 0 Å². The number of halogens is 1. The van der Waals surface area contributed by atoms with Gasteiger partial charge in [-0.25, -0.2) is 9.97 Å². The highest BCUT2D eigenvalue weighted by atomic mass is 35.5. The van der Waals surface area contributed by atoms with Gasteiger partial charge in [0.2, 0.25) is 5.95 Å². The average Bonchev–Trinajstić information content (AvgIpc) is 2.64. The minimum atomic E-state index is -0.393. The second kappa shape index (κ2) is 8.07. The van der Waals surface area contributed by atoms with Gasteiger partial charge >= 0.3 is 0 Å². The normalized spacial score (nSPS) is 10.2. The molecular formula is C21H18ClN5O. The molecule has 0 bridgehead atoms. The summed E-state index contributed by atoms with van der Waals surface area (Å²) in [6, 6.07) is 14.2. The molecule has 6 nitrogen and oxygen atoms in total. The number of nitrogens with one attached hydrogen (secondary N) is 2. The number of anilines is 3. The van der Waals surface area contributed by atoms with Crippen molar-refractivity contribution in [2.75, 3.05) is 10.6 Å². The summed E-state index contributed by atoms with van der Waals surface area (Å²) in [5.74, 6) is -0.111. The van der Waals surface area contributed by atoms with Crippen LogP contribution in [-0.4, -0.2) is 15.9 Å². The molecule has 1 heterocycles. The van der Waals surface area contributed by atoms with E-state index in [1.165, 1.54) is 0 Å². The molecule has 0 radical (unpaired) electrons. The molecule has 3 aromatic rings. The van der Waals surface area contributed by atoms with Crippen LogP contribution in [0.1, 0.15) is 32.9 Å². The third kappa shape index (κ3) is 4.45. The van der Waals surface area contributed by atoms with Crippen molar-refractivity contribution in [3.63, 3.8) is 0 Å². The molecule has 7 heteroatoms. The Kier molecular flexibility index (Phi) is 5.57. The number of aromatic nitrogens is 2. The Morgan fingerprint density at radius 3 is 2.61 bits per heavy atom. The van der Waals surface area contributed by atoms with Gasteiger partial charge in [0.15, 0.2) is 0 Å². The van der Waals surface area contributed by atoms with Gasteiger partial charge in [0.25, 0.3) is 5.91 Å². The Balaban J connectivity index is 1.87. The predicted octanol–water partition coefficient (Wildman–Crippen LogP) is 4.92. The molecule has 0 fully saturated rings. The lowest BCUT2D eigenvalue weighted by Crippen LogP contribution is -2.15. The van der Waals surface area contributed by atoms with Crippen molar-refractivity contribution in [1.82, 2.24) is 9.97 Å². The highest BCUT2D eigenvalue weighted by molar-refractivity contribution is 6.33. The molecule has 3 rings (SSSR count). The van der Waals surface area contributed by atoms with Crippen molar-refractivity contribution in [1.29, 1.82) is 5.26 Å². The number of aryl methyl sites for hydroxylation is 3. The van der Waals surface area contributed by atoms with E-state index in [4.69, 9.17) is 16.9 Å². The summed E-state index contributed by atoms with van der Waals surface area (Å²) in [5.41, 5.74) is 4.53. The van der Waals surface area contributed by atoms with E-state index in [0.29, 0.717) is 27.7 Å². The van der Waals surface area contributed by atoms with Gasteiger partial charge in [-0.15, -0.1) is 0 Å². The average molecular weight is 392 g/mol. The van der Waals surface area contributed by atoms with Crippen molar-refractivity contribution in [2.45, 2.75) is 20.8 Å². The van der Waals surface area contributed by atoms with Gasteiger partial charge in [0.1, 0.15) is 5.69 Å². The fourth-order valence-electron chi connectivity index (χ4n) is 2.79. The maximum atomic E-state index is 12.6. The lowest BCUT2D eigenvalue weighted by Gasteiger charge is -2.13. The van der Waals surface area contributed by atoms with E-state index < -0.39 is 5.91 Å². The number of carbonyl (C=O) groups is 1. The summed E-state index contributed by atoms with van der Waals surface area (Å²) in [7, 11) is 0. The number of hydrogen-bond donors (Lipinski definition) is 2. The molecule has 0 unspecified atom stereocenters. The molecule has 2 aromatic carbocycles. The summed E-state index contributed by atoms with van der Waals surface area (Å²) in [6.07, 6.45) is 0. The first kappa shape index (κ1) is 19.3. The van der Waals surface area contributed by atoms with Crippen LogP contribution in [0.2, 0.25) is 5.02 Å². The summed E-state index contributed by atoms with van der Waals surface area (Å²) >= 11 is 6.34. The number of nitriles is 1. The van der Waals surface area contributed by atoms with Crippen molar-refractivity contribution in [2.24, 2.45) is 0 Å². The summed E-state index contributed by atoms with van der Waals surface area (Å²) < 4.78 is 0. The fraction of sp³-hybridized carbons (Fsp3) is 0.143. The SMILES string of the molecule is Cc1cc(C)c(Nc2nc(C)cc(C(=O)Nc3cccc(C#N)c3)n2)c(Cl)c1. The van der Waals surface area contributed by atoms with Gasteiger partial charge < -0.3 is 10.6 Å². The van der Waals surface area contributed by atoms with Crippen LogP contribution in [0.4, 0.5) is 17.3 Å². The zero-order valence-electron chi connectivity index (χ0n) is 15.7. The monoisotopic (exact) mass is 391 g/mol. The number of nitrogens with zero attached hydrogens (tertiary/aromatic N) is 3. The first-order chi connectivity index (χ1) is 13.4. The molecule has 1 aromatic heterocycles. The first-order valence-electron chi connectivity index (χ1n) is 8.56. The lowest BCUT2D eigenvalue weighted by molar-refractivity contribution is 0.102.